The van der Waals surface area contributed by atoms with E-state index in [2.05, 4.69) is 15.2 Å². The average Bonchev–Trinajstić information content (AvgIpc) is 2.71. The predicted octanol–water partition coefficient (Wildman–Crippen LogP) is 2.93. The van der Waals surface area contributed by atoms with E-state index in [-0.39, 0.29) is 35.9 Å². The highest BCUT2D eigenvalue weighted by molar-refractivity contribution is 14.0. The number of hydrogen-bond donors (Lipinski definition) is 1. The molecule has 0 atom stereocenters. The Morgan fingerprint density at radius 1 is 1.29 bits per heavy atom. The minimum Gasteiger partial charge on any atom is -0.497 e. The van der Waals surface area contributed by atoms with Crippen LogP contribution in [0.5, 0.6) is 11.5 Å². The van der Waals surface area contributed by atoms with Crippen LogP contribution in [-0.4, -0.2) is 63.8 Å². The first-order valence-corrected chi connectivity index (χ1v) is 9.57. The molecule has 1 saturated heterocycles. The number of benzene rings is 1. The Morgan fingerprint density at radius 2 is 2.00 bits per heavy atom. The van der Waals surface area contributed by atoms with Gasteiger partial charge in [-0.25, -0.2) is 0 Å². The number of esters is 1. The van der Waals surface area contributed by atoms with Crippen molar-refractivity contribution in [2.75, 3.05) is 47.0 Å². The van der Waals surface area contributed by atoms with Gasteiger partial charge in [-0.05, 0) is 38.3 Å². The summed E-state index contributed by atoms with van der Waals surface area (Å²) in [5.41, 5.74) is 0. The zero-order chi connectivity index (χ0) is 19.5. The van der Waals surface area contributed by atoms with Gasteiger partial charge in [-0.1, -0.05) is 6.07 Å². The molecule has 1 aromatic carbocycles. The third-order valence-electron chi connectivity index (χ3n) is 4.54. The van der Waals surface area contributed by atoms with Crippen molar-refractivity contribution in [2.45, 2.75) is 26.2 Å². The molecule has 0 spiro atoms. The molecule has 0 aliphatic carbocycles. The quantitative estimate of drug-likeness (QED) is 0.193. The van der Waals surface area contributed by atoms with Crippen molar-refractivity contribution in [2.24, 2.45) is 10.9 Å². The summed E-state index contributed by atoms with van der Waals surface area (Å²) in [5.74, 6) is 2.40. The van der Waals surface area contributed by atoms with Gasteiger partial charge < -0.3 is 24.4 Å². The highest BCUT2D eigenvalue weighted by atomic mass is 127. The molecule has 0 saturated carbocycles. The second-order valence-corrected chi connectivity index (χ2v) is 6.37. The summed E-state index contributed by atoms with van der Waals surface area (Å²) in [5, 5.41) is 3.37. The average molecular weight is 505 g/mol. The molecule has 0 unspecified atom stereocenters. The summed E-state index contributed by atoms with van der Waals surface area (Å²) in [6.45, 7) is 5.29. The van der Waals surface area contributed by atoms with Crippen molar-refractivity contribution in [3.63, 3.8) is 0 Å². The Morgan fingerprint density at radius 3 is 2.64 bits per heavy atom. The van der Waals surface area contributed by atoms with Crippen molar-refractivity contribution in [1.29, 1.82) is 0 Å². The Balaban J connectivity index is 0.00000392. The fourth-order valence-electron chi connectivity index (χ4n) is 3.07. The standard InChI is InChI=1S/C20H31N3O4.HI/c1-4-26-19(24)16-9-12-23(13-10-16)20(21-2)22-11-6-14-27-18-8-5-7-17(15-18)25-3;/h5,7-8,15-16H,4,6,9-14H2,1-3H3,(H,21,22);1H. The second kappa shape index (κ2) is 13.5. The Hall–Kier alpha value is -1.71. The number of rotatable bonds is 8. The molecule has 28 heavy (non-hydrogen) atoms. The van der Waals surface area contributed by atoms with Crippen LogP contribution < -0.4 is 14.8 Å². The van der Waals surface area contributed by atoms with E-state index in [4.69, 9.17) is 14.2 Å². The first kappa shape index (κ1) is 24.3. The Labute approximate surface area is 184 Å². The highest BCUT2D eigenvalue weighted by Gasteiger charge is 2.27. The van der Waals surface area contributed by atoms with Crippen LogP contribution in [0.4, 0.5) is 0 Å². The number of likely N-dealkylation sites (tertiary alicyclic amines) is 1. The maximum atomic E-state index is 11.8. The first-order chi connectivity index (χ1) is 13.2. The van der Waals surface area contributed by atoms with Gasteiger partial charge in [0.15, 0.2) is 5.96 Å². The van der Waals surface area contributed by atoms with Crippen molar-refractivity contribution in [3.05, 3.63) is 24.3 Å². The maximum Gasteiger partial charge on any atom is 0.309 e. The van der Waals surface area contributed by atoms with E-state index in [9.17, 15) is 4.79 Å². The van der Waals surface area contributed by atoms with Crippen LogP contribution in [0.15, 0.2) is 29.3 Å². The van der Waals surface area contributed by atoms with Gasteiger partial charge in [0.2, 0.25) is 0 Å². The topological polar surface area (TPSA) is 72.4 Å². The molecular weight excluding hydrogens is 473 g/mol. The molecule has 0 radical (unpaired) electrons. The first-order valence-electron chi connectivity index (χ1n) is 9.57. The van der Waals surface area contributed by atoms with Gasteiger partial charge in [-0.3, -0.25) is 9.79 Å². The minimum absolute atomic E-state index is 0. The molecule has 7 nitrogen and oxygen atoms in total. The Bertz CT molecular complexity index is 619. The molecule has 2 rings (SSSR count). The largest absolute Gasteiger partial charge is 0.497 e. The van der Waals surface area contributed by atoms with Crippen LogP contribution in [0.1, 0.15) is 26.2 Å². The normalized spacial score (nSPS) is 14.8. The highest BCUT2D eigenvalue weighted by Crippen LogP contribution is 2.19. The lowest BCUT2D eigenvalue weighted by Gasteiger charge is -2.33. The number of nitrogens with one attached hydrogen (secondary N) is 1. The van der Waals surface area contributed by atoms with Gasteiger partial charge in [0.1, 0.15) is 11.5 Å². The summed E-state index contributed by atoms with van der Waals surface area (Å²) in [6.07, 6.45) is 2.46. The lowest BCUT2D eigenvalue weighted by atomic mass is 9.97. The molecule has 1 aliphatic heterocycles. The number of methoxy groups -OCH3 is 1. The zero-order valence-corrected chi connectivity index (χ0v) is 19.3. The summed E-state index contributed by atoms with van der Waals surface area (Å²) < 4.78 is 16.1. The van der Waals surface area contributed by atoms with Crippen LogP contribution in [0.25, 0.3) is 0 Å². The minimum atomic E-state index is -0.0743. The van der Waals surface area contributed by atoms with Gasteiger partial charge in [-0.2, -0.15) is 0 Å². The van der Waals surface area contributed by atoms with Crippen molar-refractivity contribution in [1.82, 2.24) is 10.2 Å². The molecule has 158 valence electrons. The lowest BCUT2D eigenvalue weighted by molar-refractivity contribution is -0.149. The van der Waals surface area contributed by atoms with Crippen LogP contribution in [0.2, 0.25) is 0 Å². The molecule has 0 aromatic heterocycles. The number of piperidine rings is 1. The molecule has 1 N–H and O–H groups in total. The molecule has 0 amide bonds. The third kappa shape index (κ3) is 7.73. The smallest absolute Gasteiger partial charge is 0.309 e. The molecule has 1 fully saturated rings. The van der Waals surface area contributed by atoms with E-state index < -0.39 is 0 Å². The fourth-order valence-corrected chi connectivity index (χ4v) is 3.07. The third-order valence-corrected chi connectivity index (χ3v) is 4.54. The molecular formula is C20H32IN3O4. The van der Waals surface area contributed by atoms with Gasteiger partial charge in [-0.15, -0.1) is 24.0 Å². The summed E-state index contributed by atoms with van der Waals surface area (Å²) in [4.78, 5) is 18.4. The number of carbonyl (C=O) groups excluding carboxylic acids is 1. The van der Waals surface area contributed by atoms with E-state index in [1.54, 1.807) is 14.2 Å². The molecule has 1 aliphatic rings. The molecule has 8 heteroatoms. The van der Waals surface area contributed by atoms with E-state index in [0.717, 1.165) is 56.4 Å². The van der Waals surface area contributed by atoms with E-state index in [1.165, 1.54) is 0 Å². The Kier molecular flexibility index (Phi) is 11.7. The number of carbonyl (C=O) groups is 1. The number of hydrogen-bond acceptors (Lipinski definition) is 5. The number of guanidine groups is 1. The number of nitrogens with zero attached hydrogens (tertiary/aromatic N) is 2. The van der Waals surface area contributed by atoms with Crippen molar-refractivity contribution < 1.29 is 19.0 Å². The monoisotopic (exact) mass is 505 g/mol. The number of halogens is 1. The zero-order valence-electron chi connectivity index (χ0n) is 17.0. The van der Waals surface area contributed by atoms with Crippen LogP contribution >= 0.6 is 24.0 Å². The molecule has 0 bridgehead atoms. The second-order valence-electron chi connectivity index (χ2n) is 6.37. The fraction of sp³-hybridized carbons (Fsp3) is 0.600. The van der Waals surface area contributed by atoms with Gasteiger partial charge >= 0.3 is 5.97 Å². The maximum absolute atomic E-state index is 11.8. The van der Waals surface area contributed by atoms with Crippen molar-refractivity contribution in [3.8, 4) is 11.5 Å². The molecule has 1 heterocycles. The SMILES string of the molecule is CCOC(=O)C1CCN(C(=NC)NCCCOc2cccc(OC)c2)CC1.I. The number of ether oxygens (including phenoxy) is 3. The summed E-state index contributed by atoms with van der Waals surface area (Å²) in [6, 6.07) is 7.60. The number of aliphatic imine (C=N–C) groups is 1. The van der Waals surface area contributed by atoms with E-state index >= 15 is 0 Å². The van der Waals surface area contributed by atoms with Gasteiger partial charge in [0, 0.05) is 32.7 Å². The van der Waals surface area contributed by atoms with E-state index in [1.807, 2.05) is 31.2 Å². The predicted molar refractivity (Wildman–Crippen MR) is 121 cm³/mol. The van der Waals surface area contributed by atoms with Gasteiger partial charge in [0.05, 0.1) is 26.2 Å². The van der Waals surface area contributed by atoms with Crippen LogP contribution in [0, 0.1) is 5.92 Å². The molecule has 1 aromatic rings. The van der Waals surface area contributed by atoms with Crippen molar-refractivity contribution >= 4 is 35.9 Å². The van der Waals surface area contributed by atoms with Crippen LogP contribution in [0.3, 0.4) is 0 Å². The van der Waals surface area contributed by atoms with E-state index in [0.29, 0.717) is 13.2 Å². The lowest BCUT2D eigenvalue weighted by Crippen LogP contribution is -2.47. The summed E-state index contributed by atoms with van der Waals surface area (Å²) >= 11 is 0. The van der Waals surface area contributed by atoms with Crippen LogP contribution in [-0.2, 0) is 9.53 Å². The summed E-state index contributed by atoms with van der Waals surface area (Å²) in [7, 11) is 3.43. The van der Waals surface area contributed by atoms with Gasteiger partial charge in [0.25, 0.3) is 0 Å².